The molecule has 7 heteroatoms. The van der Waals surface area contributed by atoms with Gasteiger partial charge in [-0.2, -0.15) is 5.10 Å². The van der Waals surface area contributed by atoms with Gasteiger partial charge in [0.15, 0.2) is 0 Å². The van der Waals surface area contributed by atoms with Gasteiger partial charge in [-0.15, -0.1) is 0 Å². The minimum atomic E-state index is -0.208. The van der Waals surface area contributed by atoms with Crippen LogP contribution in [-0.2, 0) is 15.0 Å². The molecule has 1 aliphatic rings. The zero-order valence-corrected chi connectivity index (χ0v) is 20.0. The number of nitrogens with zero attached hydrogens (tertiary/aromatic N) is 3. The van der Waals surface area contributed by atoms with Crippen molar-refractivity contribution in [3.63, 3.8) is 0 Å². The highest BCUT2D eigenvalue weighted by Gasteiger charge is 2.28. The average molecular weight is 441 g/mol. The fourth-order valence-electron chi connectivity index (χ4n) is 4.08. The highest BCUT2D eigenvalue weighted by molar-refractivity contribution is 5.94. The summed E-state index contributed by atoms with van der Waals surface area (Å²) in [5, 5.41) is 7.76. The van der Waals surface area contributed by atoms with Gasteiger partial charge in [-0.1, -0.05) is 40.5 Å². The van der Waals surface area contributed by atoms with Gasteiger partial charge in [-0.25, -0.2) is 4.68 Å². The number of amides is 2. The molecule has 1 fully saturated rings. The lowest BCUT2D eigenvalue weighted by molar-refractivity contribution is -0.138. The normalized spacial score (nSPS) is 14.4. The maximum Gasteiger partial charge on any atom is 0.245 e. The van der Waals surface area contributed by atoms with Crippen LogP contribution in [0, 0.1) is 5.92 Å². The van der Waals surface area contributed by atoms with Gasteiger partial charge in [0.25, 0.3) is 0 Å². The van der Waals surface area contributed by atoms with Crippen LogP contribution in [0.15, 0.2) is 30.3 Å². The van der Waals surface area contributed by atoms with Crippen molar-refractivity contribution in [2.24, 2.45) is 5.92 Å². The van der Waals surface area contributed by atoms with Crippen molar-refractivity contribution in [3.8, 4) is 11.4 Å². The number of nitrogens with one attached hydrogen (secondary N) is 1. The topological polar surface area (TPSA) is 76.5 Å². The van der Waals surface area contributed by atoms with Crippen LogP contribution in [0.25, 0.3) is 5.69 Å². The Labute approximate surface area is 191 Å². The number of hydrogen-bond acceptors (Lipinski definition) is 4. The highest BCUT2D eigenvalue weighted by atomic mass is 16.5. The summed E-state index contributed by atoms with van der Waals surface area (Å²) in [6, 6.07) is 9.44. The van der Waals surface area contributed by atoms with Gasteiger partial charge in [-0.3, -0.25) is 9.59 Å². The second kappa shape index (κ2) is 10.2. The smallest absolute Gasteiger partial charge is 0.245 e. The van der Waals surface area contributed by atoms with Crippen molar-refractivity contribution in [2.45, 2.75) is 65.2 Å². The van der Waals surface area contributed by atoms with E-state index < -0.39 is 0 Å². The van der Waals surface area contributed by atoms with E-state index in [1.165, 1.54) is 0 Å². The number of rotatable bonds is 8. The lowest BCUT2D eigenvalue weighted by atomic mass is 9.92. The molecular formula is C25H36N4O3. The second-order valence-corrected chi connectivity index (χ2v) is 9.56. The first-order valence-electron chi connectivity index (χ1n) is 11.6. The summed E-state index contributed by atoms with van der Waals surface area (Å²) in [6.45, 7) is 8.93. The first-order valence-corrected chi connectivity index (χ1v) is 11.6. The quantitative estimate of drug-likeness (QED) is 0.654. The van der Waals surface area contributed by atoms with E-state index in [0.717, 1.165) is 49.2 Å². The summed E-state index contributed by atoms with van der Waals surface area (Å²) >= 11 is 0. The molecule has 1 aromatic carbocycles. The van der Waals surface area contributed by atoms with Crippen LogP contribution < -0.4 is 10.1 Å². The first kappa shape index (κ1) is 23.8. The number of methoxy groups -OCH3 is 1. The van der Waals surface area contributed by atoms with Gasteiger partial charge in [-0.05, 0) is 43.5 Å². The fraction of sp³-hybridized carbons (Fsp3) is 0.560. The molecule has 1 aromatic heterocycles. The third-order valence-electron chi connectivity index (χ3n) is 5.91. The SMILES string of the molecule is CCCN(CC(=O)Nc1cc(C(C)(C)C)nn1-c1ccc(OC)cc1)C(=O)C1CCCC1. The molecule has 1 aliphatic carbocycles. The molecule has 0 bridgehead atoms. The lowest BCUT2D eigenvalue weighted by Gasteiger charge is -2.24. The van der Waals surface area contributed by atoms with Crippen LogP contribution in [0.4, 0.5) is 5.82 Å². The summed E-state index contributed by atoms with van der Waals surface area (Å²) in [5.41, 5.74) is 1.52. The van der Waals surface area contributed by atoms with Crippen LogP contribution in [0.2, 0.25) is 0 Å². The first-order chi connectivity index (χ1) is 15.2. The van der Waals surface area contributed by atoms with Crippen molar-refractivity contribution >= 4 is 17.6 Å². The van der Waals surface area contributed by atoms with Crippen molar-refractivity contribution in [2.75, 3.05) is 25.5 Å². The van der Waals surface area contributed by atoms with Gasteiger partial charge < -0.3 is 15.0 Å². The van der Waals surface area contributed by atoms with Crippen LogP contribution in [0.5, 0.6) is 5.75 Å². The molecule has 174 valence electrons. The van der Waals surface area contributed by atoms with Crippen molar-refractivity contribution < 1.29 is 14.3 Å². The largest absolute Gasteiger partial charge is 0.497 e. The number of carbonyl (C=O) groups is 2. The molecule has 1 heterocycles. The highest BCUT2D eigenvalue weighted by Crippen LogP contribution is 2.28. The van der Waals surface area contributed by atoms with Gasteiger partial charge in [0.1, 0.15) is 11.6 Å². The third kappa shape index (κ3) is 5.69. The summed E-state index contributed by atoms with van der Waals surface area (Å²) in [6.07, 6.45) is 4.88. The Hall–Kier alpha value is -2.83. The van der Waals surface area contributed by atoms with E-state index in [2.05, 4.69) is 26.1 Å². The predicted molar refractivity (Wildman–Crippen MR) is 126 cm³/mol. The molecule has 7 nitrogen and oxygen atoms in total. The second-order valence-electron chi connectivity index (χ2n) is 9.56. The molecule has 1 N–H and O–H groups in total. The van der Waals surface area contributed by atoms with Gasteiger partial charge in [0, 0.05) is 23.9 Å². The van der Waals surface area contributed by atoms with Crippen LogP contribution in [0.3, 0.4) is 0 Å². The summed E-state index contributed by atoms with van der Waals surface area (Å²) in [7, 11) is 1.63. The molecule has 2 amide bonds. The van der Waals surface area contributed by atoms with Crippen molar-refractivity contribution in [1.82, 2.24) is 14.7 Å². The van der Waals surface area contributed by atoms with E-state index in [-0.39, 0.29) is 29.7 Å². The Morgan fingerprint density at radius 2 is 1.84 bits per heavy atom. The van der Waals surface area contributed by atoms with Crippen molar-refractivity contribution in [1.29, 1.82) is 0 Å². The minimum absolute atomic E-state index is 0.0574. The minimum Gasteiger partial charge on any atom is -0.497 e. The Bertz CT molecular complexity index is 922. The number of benzene rings is 1. The number of hydrogen-bond donors (Lipinski definition) is 1. The average Bonchev–Trinajstić information content (AvgIpc) is 3.43. The molecular weight excluding hydrogens is 404 g/mol. The van der Waals surface area contributed by atoms with Gasteiger partial charge in [0.05, 0.1) is 25.0 Å². The molecule has 3 rings (SSSR count). The maximum atomic E-state index is 13.0. The summed E-state index contributed by atoms with van der Waals surface area (Å²) < 4.78 is 6.99. The number of ether oxygens (including phenoxy) is 1. The molecule has 1 saturated carbocycles. The van der Waals surface area contributed by atoms with E-state index in [1.54, 1.807) is 16.7 Å². The Balaban J connectivity index is 1.81. The molecule has 2 aromatic rings. The Morgan fingerprint density at radius 3 is 2.41 bits per heavy atom. The molecule has 0 unspecified atom stereocenters. The Kier molecular flexibility index (Phi) is 7.59. The molecule has 0 radical (unpaired) electrons. The zero-order chi connectivity index (χ0) is 23.3. The number of carbonyl (C=O) groups excluding carboxylic acids is 2. The lowest BCUT2D eigenvalue weighted by Crippen LogP contribution is -2.41. The van der Waals surface area contributed by atoms with Crippen LogP contribution >= 0.6 is 0 Å². The maximum absolute atomic E-state index is 13.0. The van der Waals surface area contributed by atoms with Crippen molar-refractivity contribution in [3.05, 3.63) is 36.0 Å². The molecule has 0 aliphatic heterocycles. The molecule has 32 heavy (non-hydrogen) atoms. The standard InChI is InChI=1S/C25H36N4O3/c1-6-15-28(24(31)18-9-7-8-10-18)17-23(30)26-22-16-21(25(2,3)4)27-29(22)19-11-13-20(32-5)14-12-19/h11-14,16,18H,6-10,15,17H2,1-5H3,(H,26,30). The third-order valence-corrected chi connectivity index (χ3v) is 5.91. The zero-order valence-electron chi connectivity index (χ0n) is 20.0. The summed E-state index contributed by atoms with van der Waals surface area (Å²) in [5.74, 6) is 1.31. The molecule has 0 saturated heterocycles. The predicted octanol–water partition coefficient (Wildman–Crippen LogP) is 4.55. The monoisotopic (exact) mass is 440 g/mol. The summed E-state index contributed by atoms with van der Waals surface area (Å²) in [4.78, 5) is 27.6. The van der Waals surface area contributed by atoms with E-state index in [4.69, 9.17) is 9.84 Å². The van der Waals surface area contributed by atoms with E-state index >= 15 is 0 Å². The van der Waals surface area contributed by atoms with Crippen LogP contribution in [0.1, 0.15) is 65.5 Å². The van der Waals surface area contributed by atoms with E-state index in [9.17, 15) is 9.59 Å². The number of anilines is 1. The van der Waals surface area contributed by atoms with E-state index in [0.29, 0.717) is 12.4 Å². The van der Waals surface area contributed by atoms with Gasteiger partial charge in [0.2, 0.25) is 11.8 Å². The molecule has 0 atom stereocenters. The van der Waals surface area contributed by atoms with Gasteiger partial charge >= 0.3 is 0 Å². The fourth-order valence-corrected chi connectivity index (χ4v) is 4.08. The molecule has 0 spiro atoms. The van der Waals surface area contributed by atoms with Crippen LogP contribution in [-0.4, -0.2) is 46.7 Å². The van der Waals surface area contributed by atoms with E-state index in [1.807, 2.05) is 37.3 Å². The number of aromatic nitrogens is 2. The Morgan fingerprint density at radius 1 is 1.19 bits per heavy atom.